The monoisotopic (exact) mass is 425 g/mol. The first-order chi connectivity index (χ1) is 13.9. The first kappa shape index (κ1) is 19.5. The number of aromatic nitrogens is 1. The number of rotatable bonds is 4. The number of benzene rings is 2. The molecule has 2 aromatic carbocycles. The fourth-order valence-corrected chi connectivity index (χ4v) is 4.42. The molecular formula is C22H20ClN3O2S. The van der Waals surface area contributed by atoms with E-state index in [1.807, 2.05) is 17.5 Å². The fraction of sp³-hybridized carbons (Fsp3) is 0.182. The Balaban J connectivity index is 1.63. The van der Waals surface area contributed by atoms with Crippen molar-refractivity contribution in [3.8, 4) is 17.0 Å². The van der Waals surface area contributed by atoms with Crippen molar-refractivity contribution in [3.63, 3.8) is 0 Å². The fourth-order valence-electron chi connectivity index (χ4n) is 3.27. The third-order valence-electron chi connectivity index (χ3n) is 5.07. The highest BCUT2D eigenvalue weighted by molar-refractivity contribution is 7.11. The predicted molar refractivity (Wildman–Crippen MR) is 120 cm³/mol. The lowest BCUT2D eigenvalue weighted by Gasteiger charge is -2.19. The van der Waals surface area contributed by atoms with Crippen LogP contribution in [0, 0.1) is 19.3 Å². The molecule has 7 heteroatoms. The van der Waals surface area contributed by atoms with E-state index in [1.54, 1.807) is 24.1 Å². The number of aliphatic hydroxyl groups is 1. The van der Waals surface area contributed by atoms with E-state index in [0.29, 0.717) is 27.0 Å². The lowest BCUT2D eigenvalue weighted by molar-refractivity contribution is 0.411. The number of amidine groups is 1. The SMILES string of the molecule is COc1ccc(N2CC(O)=C(c3nc(-c4ccc(C)c(C)c4)cs3)C2=N)cc1Cl. The quantitative estimate of drug-likeness (QED) is 0.549. The van der Waals surface area contributed by atoms with Gasteiger partial charge in [-0.2, -0.15) is 0 Å². The maximum Gasteiger partial charge on any atom is 0.139 e. The number of aryl methyl sites for hydroxylation is 2. The molecule has 0 fully saturated rings. The van der Waals surface area contributed by atoms with Crippen LogP contribution in [0.3, 0.4) is 0 Å². The molecule has 0 aliphatic carbocycles. The smallest absolute Gasteiger partial charge is 0.139 e. The number of hydrogen-bond donors (Lipinski definition) is 2. The Morgan fingerprint density at radius 2 is 1.97 bits per heavy atom. The predicted octanol–water partition coefficient (Wildman–Crippen LogP) is 5.86. The second-order valence-corrected chi connectivity index (χ2v) is 8.18. The summed E-state index contributed by atoms with van der Waals surface area (Å²) in [6.45, 7) is 4.36. The van der Waals surface area contributed by atoms with Gasteiger partial charge < -0.3 is 14.7 Å². The average Bonchev–Trinajstić information content (AvgIpc) is 3.28. The van der Waals surface area contributed by atoms with Gasteiger partial charge in [-0.05, 0) is 49.2 Å². The Bertz CT molecular complexity index is 1150. The summed E-state index contributed by atoms with van der Waals surface area (Å²) in [5.41, 5.74) is 5.47. The number of methoxy groups -OCH3 is 1. The third kappa shape index (κ3) is 3.50. The molecule has 148 valence electrons. The topological polar surface area (TPSA) is 69.4 Å². The van der Waals surface area contributed by atoms with Crippen LogP contribution in [-0.2, 0) is 0 Å². The molecule has 5 nitrogen and oxygen atoms in total. The highest BCUT2D eigenvalue weighted by Crippen LogP contribution is 2.36. The molecule has 1 aromatic heterocycles. The normalized spacial score (nSPS) is 14.1. The summed E-state index contributed by atoms with van der Waals surface area (Å²) in [5.74, 6) is 0.893. The van der Waals surface area contributed by atoms with Gasteiger partial charge in [-0.1, -0.05) is 23.7 Å². The summed E-state index contributed by atoms with van der Waals surface area (Å²) in [6.07, 6.45) is 0. The van der Waals surface area contributed by atoms with Crippen molar-refractivity contribution in [1.82, 2.24) is 4.98 Å². The minimum absolute atomic E-state index is 0.128. The van der Waals surface area contributed by atoms with E-state index in [1.165, 1.54) is 22.5 Å². The number of nitrogens with one attached hydrogen (secondary N) is 1. The molecule has 0 atom stereocenters. The van der Waals surface area contributed by atoms with E-state index < -0.39 is 0 Å². The Labute approximate surface area is 178 Å². The molecule has 2 heterocycles. The van der Waals surface area contributed by atoms with Crippen LogP contribution in [0.15, 0.2) is 47.5 Å². The van der Waals surface area contributed by atoms with Crippen molar-refractivity contribution < 1.29 is 9.84 Å². The maximum absolute atomic E-state index is 10.6. The minimum atomic E-state index is 0.128. The molecule has 1 aliphatic heterocycles. The second kappa shape index (κ2) is 7.54. The molecule has 4 rings (SSSR count). The van der Waals surface area contributed by atoms with Gasteiger partial charge in [0.2, 0.25) is 0 Å². The van der Waals surface area contributed by atoms with Gasteiger partial charge in [0.1, 0.15) is 22.4 Å². The Kier molecular flexibility index (Phi) is 5.06. The number of nitrogens with zero attached hydrogens (tertiary/aromatic N) is 2. The Hall–Kier alpha value is -2.83. The van der Waals surface area contributed by atoms with Crippen LogP contribution in [-0.4, -0.2) is 29.6 Å². The molecule has 3 aromatic rings. The summed E-state index contributed by atoms with van der Waals surface area (Å²) in [5, 5.41) is 22.2. The van der Waals surface area contributed by atoms with Gasteiger partial charge in [-0.25, -0.2) is 4.98 Å². The summed E-state index contributed by atoms with van der Waals surface area (Å²) < 4.78 is 5.19. The summed E-state index contributed by atoms with van der Waals surface area (Å²) in [6, 6.07) is 11.5. The van der Waals surface area contributed by atoms with Crippen LogP contribution in [0.4, 0.5) is 5.69 Å². The van der Waals surface area contributed by atoms with Gasteiger partial charge in [0, 0.05) is 16.6 Å². The molecule has 0 unspecified atom stereocenters. The molecule has 0 radical (unpaired) electrons. The van der Waals surface area contributed by atoms with Crippen molar-refractivity contribution in [3.05, 3.63) is 68.7 Å². The maximum atomic E-state index is 10.6. The van der Waals surface area contributed by atoms with Gasteiger partial charge in [0.25, 0.3) is 0 Å². The molecule has 1 aliphatic rings. The van der Waals surface area contributed by atoms with E-state index in [4.69, 9.17) is 26.7 Å². The third-order valence-corrected chi connectivity index (χ3v) is 6.23. The first-order valence-corrected chi connectivity index (χ1v) is 10.3. The minimum Gasteiger partial charge on any atom is -0.510 e. The highest BCUT2D eigenvalue weighted by atomic mass is 35.5. The summed E-state index contributed by atoms with van der Waals surface area (Å²) in [7, 11) is 1.56. The first-order valence-electron chi connectivity index (χ1n) is 9.04. The van der Waals surface area contributed by atoms with Crippen LogP contribution in [0.25, 0.3) is 16.8 Å². The largest absolute Gasteiger partial charge is 0.510 e. The number of halogens is 1. The van der Waals surface area contributed by atoms with E-state index in [9.17, 15) is 5.11 Å². The zero-order chi connectivity index (χ0) is 20.7. The van der Waals surface area contributed by atoms with Gasteiger partial charge >= 0.3 is 0 Å². The number of ether oxygens (including phenoxy) is 1. The summed E-state index contributed by atoms with van der Waals surface area (Å²) in [4.78, 5) is 6.40. The molecule has 0 saturated heterocycles. The van der Waals surface area contributed by atoms with E-state index in [-0.39, 0.29) is 18.1 Å². The zero-order valence-corrected chi connectivity index (χ0v) is 17.9. The number of anilines is 1. The lowest BCUT2D eigenvalue weighted by Crippen LogP contribution is -2.26. The van der Waals surface area contributed by atoms with Gasteiger partial charge in [-0.3, -0.25) is 5.41 Å². The Morgan fingerprint density at radius 3 is 2.66 bits per heavy atom. The van der Waals surface area contributed by atoms with Crippen molar-refractivity contribution in [2.75, 3.05) is 18.6 Å². The molecule has 0 bridgehead atoms. The zero-order valence-electron chi connectivity index (χ0n) is 16.3. The molecule has 0 spiro atoms. The number of hydrogen-bond acceptors (Lipinski definition) is 5. The standard InChI is InChI=1S/C22H20ClN3O2S/c1-12-4-5-14(8-13(12)2)17-11-29-22(25-17)20-18(27)10-26(21(20)24)15-6-7-19(28-3)16(23)9-15/h4-9,11,24,27H,10H2,1-3H3. The Morgan fingerprint density at radius 1 is 1.17 bits per heavy atom. The van der Waals surface area contributed by atoms with Crippen LogP contribution >= 0.6 is 22.9 Å². The average molecular weight is 426 g/mol. The van der Waals surface area contributed by atoms with E-state index in [0.717, 1.165) is 11.3 Å². The highest BCUT2D eigenvalue weighted by Gasteiger charge is 2.31. The van der Waals surface area contributed by atoms with E-state index >= 15 is 0 Å². The molecule has 2 N–H and O–H groups in total. The number of thiazole rings is 1. The van der Waals surface area contributed by atoms with Crippen LogP contribution in [0.1, 0.15) is 16.1 Å². The summed E-state index contributed by atoms with van der Waals surface area (Å²) >= 11 is 7.65. The van der Waals surface area contributed by atoms with Crippen LogP contribution in [0.2, 0.25) is 5.02 Å². The van der Waals surface area contributed by atoms with Crippen LogP contribution in [0.5, 0.6) is 5.75 Å². The van der Waals surface area contributed by atoms with Crippen LogP contribution < -0.4 is 9.64 Å². The molecule has 29 heavy (non-hydrogen) atoms. The van der Waals surface area contributed by atoms with Crippen molar-refractivity contribution in [2.24, 2.45) is 0 Å². The second-order valence-electron chi connectivity index (χ2n) is 6.91. The van der Waals surface area contributed by atoms with Crippen molar-refractivity contribution >= 4 is 40.0 Å². The molecule has 0 amide bonds. The van der Waals surface area contributed by atoms with Gasteiger partial charge in [-0.15, -0.1) is 11.3 Å². The van der Waals surface area contributed by atoms with Gasteiger partial charge in [0.15, 0.2) is 0 Å². The lowest BCUT2D eigenvalue weighted by atomic mass is 10.1. The van der Waals surface area contributed by atoms with Gasteiger partial charge in [0.05, 0.1) is 29.9 Å². The van der Waals surface area contributed by atoms with Crippen molar-refractivity contribution in [2.45, 2.75) is 13.8 Å². The van der Waals surface area contributed by atoms with E-state index in [2.05, 4.69) is 26.0 Å². The molecular weight excluding hydrogens is 406 g/mol. The molecule has 0 saturated carbocycles. The van der Waals surface area contributed by atoms with Crippen molar-refractivity contribution in [1.29, 1.82) is 5.41 Å². The number of aliphatic hydroxyl groups excluding tert-OH is 1.